The maximum atomic E-state index is 12.7. The monoisotopic (exact) mass is 472 g/mol. The van der Waals surface area contributed by atoms with Gasteiger partial charge in [-0.3, -0.25) is 4.79 Å². The summed E-state index contributed by atoms with van der Waals surface area (Å²) in [7, 11) is 1.35. The Hall–Kier alpha value is -3.04. The molecule has 8 nitrogen and oxygen atoms in total. The third kappa shape index (κ3) is 6.06. The zero-order chi connectivity index (χ0) is 23.8. The topological polar surface area (TPSA) is 114 Å². The van der Waals surface area contributed by atoms with E-state index in [-0.39, 0.29) is 19.1 Å². The summed E-state index contributed by atoms with van der Waals surface area (Å²) in [5.41, 5.74) is 4.42. The van der Waals surface area contributed by atoms with Crippen LogP contribution < -0.4 is 10.6 Å². The van der Waals surface area contributed by atoms with E-state index in [1.165, 1.54) is 18.9 Å². The molecule has 0 aliphatic heterocycles. The molecule has 3 rings (SSSR count). The van der Waals surface area contributed by atoms with E-state index in [0.29, 0.717) is 12.2 Å². The Morgan fingerprint density at radius 2 is 1.61 bits per heavy atom. The lowest BCUT2D eigenvalue weighted by Gasteiger charge is -2.21. The number of fused-ring (bicyclic) bond motifs is 3. The lowest BCUT2D eigenvalue weighted by molar-refractivity contribution is -0.143. The number of carboxylic acids is 1. The first kappa shape index (κ1) is 24.6. The van der Waals surface area contributed by atoms with Gasteiger partial charge < -0.3 is 25.2 Å². The smallest absolute Gasteiger partial charge is 0.407 e. The molecule has 0 saturated heterocycles. The molecule has 3 N–H and O–H groups in total. The second-order valence-electron chi connectivity index (χ2n) is 7.66. The molecule has 2 atom stereocenters. The van der Waals surface area contributed by atoms with Crippen molar-refractivity contribution in [1.82, 2.24) is 10.6 Å². The van der Waals surface area contributed by atoms with Crippen molar-refractivity contribution in [2.24, 2.45) is 0 Å². The largest absolute Gasteiger partial charge is 0.480 e. The van der Waals surface area contributed by atoms with E-state index < -0.39 is 30.1 Å². The number of carbonyl (C=O) groups excluding carboxylic acids is 2. The van der Waals surface area contributed by atoms with Gasteiger partial charge in [0.2, 0.25) is 5.91 Å². The van der Waals surface area contributed by atoms with Gasteiger partial charge in [0.25, 0.3) is 0 Å². The highest BCUT2D eigenvalue weighted by Gasteiger charge is 2.30. The molecule has 0 fully saturated rings. The predicted molar refractivity (Wildman–Crippen MR) is 126 cm³/mol. The molecular formula is C24H28N2O6S. The normalized spacial score (nSPS) is 14.0. The van der Waals surface area contributed by atoms with Crippen molar-refractivity contribution >= 4 is 29.7 Å². The predicted octanol–water partition coefficient (Wildman–Crippen LogP) is 2.86. The molecule has 0 radical (unpaired) electrons. The number of methoxy groups -OCH3 is 1. The van der Waals surface area contributed by atoms with Gasteiger partial charge in [-0.2, -0.15) is 11.8 Å². The minimum atomic E-state index is -1.21. The van der Waals surface area contributed by atoms with Crippen LogP contribution in [0, 0.1) is 0 Å². The first-order chi connectivity index (χ1) is 16.0. The molecule has 0 heterocycles. The van der Waals surface area contributed by atoms with E-state index in [1.54, 1.807) is 0 Å². The molecule has 9 heteroatoms. The van der Waals surface area contributed by atoms with Crippen LogP contribution in [-0.4, -0.2) is 67.5 Å². The van der Waals surface area contributed by atoms with Crippen molar-refractivity contribution in [2.75, 3.05) is 32.3 Å². The molecule has 0 bridgehead atoms. The van der Waals surface area contributed by atoms with Gasteiger partial charge in [-0.15, -0.1) is 0 Å². The van der Waals surface area contributed by atoms with Crippen LogP contribution in [0.2, 0.25) is 0 Å². The van der Waals surface area contributed by atoms with Gasteiger partial charge in [0.15, 0.2) is 6.04 Å². The van der Waals surface area contributed by atoms with E-state index in [9.17, 15) is 19.5 Å². The molecule has 2 aromatic rings. The Balaban J connectivity index is 1.65. The molecule has 0 aromatic heterocycles. The number of rotatable bonds is 11. The summed E-state index contributed by atoms with van der Waals surface area (Å²) >= 11 is 1.52. The van der Waals surface area contributed by atoms with E-state index in [4.69, 9.17) is 9.47 Å². The second kappa shape index (κ2) is 11.7. The fourth-order valence-corrected chi connectivity index (χ4v) is 4.37. The molecule has 2 amide bonds. The van der Waals surface area contributed by atoms with Gasteiger partial charge in [0.05, 0.1) is 6.61 Å². The van der Waals surface area contributed by atoms with E-state index >= 15 is 0 Å². The van der Waals surface area contributed by atoms with E-state index in [0.717, 1.165) is 22.3 Å². The number of benzene rings is 2. The Kier molecular flexibility index (Phi) is 8.73. The molecule has 176 valence electrons. The molecule has 0 spiro atoms. The van der Waals surface area contributed by atoms with Crippen LogP contribution in [0.1, 0.15) is 23.5 Å². The van der Waals surface area contributed by atoms with Crippen LogP contribution in [0.5, 0.6) is 0 Å². The zero-order valence-electron chi connectivity index (χ0n) is 18.6. The molecule has 0 saturated carbocycles. The van der Waals surface area contributed by atoms with Crippen molar-refractivity contribution in [2.45, 2.75) is 24.4 Å². The van der Waals surface area contributed by atoms with Crippen LogP contribution >= 0.6 is 11.8 Å². The third-order valence-electron chi connectivity index (χ3n) is 5.51. The SMILES string of the molecule is COC[C@H](NC(=O)[C@@H](CCSC)NC(=O)OCC1c2ccccc2-c2ccccc21)C(=O)O. The number of aliphatic carboxylic acids is 1. The number of carboxylic acid groups (broad SMARTS) is 1. The van der Waals surface area contributed by atoms with Crippen molar-refractivity contribution in [1.29, 1.82) is 0 Å². The minimum Gasteiger partial charge on any atom is -0.480 e. The van der Waals surface area contributed by atoms with Gasteiger partial charge in [-0.1, -0.05) is 48.5 Å². The Labute approximate surface area is 197 Å². The maximum Gasteiger partial charge on any atom is 0.407 e. The molecular weight excluding hydrogens is 444 g/mol. The average molecular weight is 473 g/mol. The van der Waals surface area contributed by atoms with Crippen LogP contribution in [-0.2, 0) is 19.1 Å². The Morgan fingerprint density at radius 3 is 2.15 bits per heavy atom. The number of alkyl carbamates (subject to hydrolysis) is 1. The summed E-state index contributed by atoms with van der Waals surface area (Å²) in [6.45, 7) is -0.0561. The highest BCUT2D eigenvalue weighted by molar-refractivity contribution is 7.98. The number of amides is 2. The van der Waals surface area contributed by atoms with Crippen LogP contribution in [0.3, 0.4) is 0 Å². The van der Waals surface area contributed by atoms with E-state index in [2.05, 4.69) is 22.8 Å². The zero-order valence-corrected chi connectivity index (χ0v) is 19.4. The fraction of sp³-hybridized carbons (Fsp3) is 0.375. The second-order valence-corrected chi connectivity index (χ2v) is 8.64. The van der Waals surface area contributed by atoms with E-state index in [1.807, 2.05) is 42.7 Å². The lowest BCUT2D eigenvalue weighted by Crippen LogP contribution is -2.53. The number of nitrogens with one attached hydrogen (secondary N) is 2. The summed E-state index contributed by atoms with van der Waals surface area (Å²) in [4.78, 5) is 36.6. The fourth-order valence-electron chi connectivity index (χ4n) is 3.90. The average Bonchev–Trinajstić information content (AvgIpc) is 3.13. The summed E-state index contributed by atoms with van der Waals surface area (Å²) < 4.78 is 10.4. The van der Waals surface area contributed by atoms with Crippen LogP contribution in [0.15, 0.2) is 48.5 Å². The van der Waals surface area contributed by atoms with Crippen molar-refractivity contribution in [3.63, 3.8) is 0 Å². The number of hydrogen-bond acceptors (Lipinski definition) is 6. The van der Waals surface area contributed by atoms with Gasteiger partial charge in [0.1, 0.15) is 12.6 Å². The van der Waals surface area contributed by atoms with Crippen LogP contribution in [0.25, 0.3) is 11.1 Å². The summed E-state index contributed by atoms with van der Waals surface area (Å²) in [5, 5.41) is 14.2. The third-order valence-corrected chi connectivity index (χ3v) is 6.15. The molecule has 33 heavy (non-hydrogen) atoms. The van der Waals surface area contributed by atoms with Crippen molar-refractivity contribution in [3.8, 4) is 11.1 Å². The quantitative estimate of drug-likeness (QED) is 0.461. The minimum absolute atomic E-state index is 0.0975. The summed E-state index contributed by atoms with van der Waals surface area (Å²) in [6.07, 6.45) is 1.49. The number of ether oxygens (including phenoxy) is 2. The first-order valence-electron chi connectivity index (χ1n) is 10.6. The molecule has 1 aliphatic rings. The lowest BCUT2D eigenvalue weighted by atomic mass is 9.98. The number of thioether (sulfide) groups is 1. The van der Waals surface area contributed by atoms with Gasteiger partial charge in [-0.25, -0.2) is 9.59 Å². The molecule has 1 aliphatic carbocycles. The molecule has 0 unspecified atom stereocenters. The van der Waals surface area contributed by atoms with Crippen LogP contribution in [0.4, 0.5) is 4.79 Å². The summed E-state index contributed by atoms with van der Waals surface area (Å²) in [5.74, 6) is -1.30. The first-order valence-corrected chi connectivity index (χ1v) is 12.0. The summed E-state index contributed by atoms with van der Waals surface area (Å²) in [6, 6.07) is 13.9. The highest BCUT2D eigenvalue weighted by Crippen LogP contribution is 2.44. The maximum absolute atomic E-state index is 12.7. The number of carbonyl (C=O) groups is 3. The number of hydrogen-bond donors (Lipinski definition) is 3. The standard InChI is InChI=1S/C24H28N2O6S/c1-31-14-21(23(28)29)25-22(27)20(11-12-33-2)26-24(30)32-13-19-17-9-5-3-7-15(17)16-8-4-6-10-18(16)19/h3-10,19-21H,11-14H2,1-2H3,(H,25,27)(H,26,30)(H,28,29)/t20-,21+/m1/s1. The van der Waals surface area contributed by atoms with Gasteiger partial charge in [0, 0.05) is 13.0 Å². The Morgan fingerprint density at radius 1 is 1.00 bits per heavy atom. The van der Waals surface area contributed by atoms with Crippen molar-refractivity contribution in [3.05, 3.63) is 59.7 Å². The molecule has 2 aromatic carbocycles. The van der Waals surface area contributed by atoms with Crippen molar-refractivity contribution < 1.29 is 29.0 Å². The highest BCUT2D eigenvalue weighted by atomic mass is 32.2. The Bertz CT molecular complexity index is 953. The van der Waals surface area contributed by atoms with Gasteiger partial charge in [-0.05, 0) is 40.7 Å². The van der Waals surface area contributed by atoms with Gasteiger partial charge >= 0.3 is 12.1 Å².